The summed E-state index contributed by atoms with van der Waals surface area (Å²) < 4.78 is 0. The molecule has 6 nitrogen and oxygen atoms in total. The fourth-order valence-electron chi connectivity index (χ4n) is 1.36. The van der Waals surface area contributed by atoms with E-state index in [1.165, 1.54) is 0 Å². The second-order valence-corrected chi connectivity index (χ2v) is 3.96. The summed E-state index contributed by atoms with van der Waals surface area (Å²) in [6.07, 6.45) is 0.387. The summed E-state index contributed by atoms with van der Waals surface area (Å²) >= 11 is 0. The Balaban J connectivity index is 3.65. The number of hydrogen-bond acceptors (Lipinski definition) is 3. The highest BCUT2D eigenvalue weighted by Gasteiger charge is 2.12. The summed E-state index contributed by atoms with van der Waals surface area (Å²) in [5, 5.41) is 13.7. The van der Waals surface area contributed by atoms with E-state index < -0.39 is 5.97 Å². The normalized spacial score (nSPS) is 11.6. The van der Waals surface area contributed by atoms with Gasteiger partial charge in [0.05, 0.1) is 0 Å². The van der Waals surface area contributed by atoms with E-state index in [1.54, 1.807) is 6.92 Å². The van der Waals surface area contributed by atoms with Crippen molar-refractivity contribution in [2.24, 2.45) is 5.92 Å². The van der Waals surface area contributed by atoms with Crippen LogP contribution in [0.1, 0.15) is 33.1 Å². The van der Waals surface area contributed by atoms with E-state index in [-0.39, 0.29) is 43.5 Å². The molecule has 0 aliphatic carbocycles. The highest BCUT2D eigenvalue weighted by molar-refractivity contribution is 5.79. The van der Waals surface area contributed by atoms with Gasteiger partial charge in [-0.05, 0) is 12.8 Å². The van der Waals surface area contributed by atoms with Gasteiger partial charge < -0.3 is 15.7 Å². The second kappa shape index (κ2) is 8.55. The average molecular weight is 244 g/mol. The standard InChI is InChI=1S/C11H20N2O4/c1-3-12-9(14)4-5-13-10(15)6-8(2)7-11(16)17/h8H,3-7H2,1-2H3,(H,12,14)(H,13,15)(H,16,17). The summed E-state index contributed by atoms with van der Waals surface area (Å²) in [5.41, 5.74) is 0. The quantitative estimate of drug-likeness (QED) is 0.565. The fraction of sp³-hybridized carbons (Fsp3) is 0.727. The molecule has 6 heteroatoms. The van der Waals surface area contributed by atoms with Crippen molar-refractivity contribution in [3.63, 3.8) is 0 Å². The SMILES string of the molecule is CCNC(=O)CCNC(=O)CC(C)CC(=O)O. The van der Waals surface area contributed by atoms with Gasteiger partial charge in [-0.3, -0.25) is 14.4 Å². The molecular weight excluding hydrogens is 224 g/mol. The van der Waals surface area contributed by atoms with Crippen LogP contribution in [-0.2, 0) is 14.4 Å². The van der Waals surface area contributed by atoms with Crippen LogP contribution in [0.3, 0.4) is 0 Å². The van der Waals surface area contributed by atoms with Crippen LogP contribution < -0.4 is 10.6 Å². The van der Waals surface area contributed by atoms with E-state index in [2.05, 4.69) is 10.6 Å². The van der Waals surface area contributed by atoms with E-state index in [9.17, 15) is 14.4 Å². The van der Waals surface area contributed by atoms with Gasteiger partial charge in [0, 0.05) is 32.4 Å². The molecule has 0 bridgehead atoms. The number of carboxylic acid groups (broad SMARTS) is 1. The highest BCUT2D eigenvalue weighted by Crippen LogP contribution is 2.06. The Morgan fingerprint density at radius 3 is 2.29 bits per heavy atom. The van der Waals surface area contributed by atoms with Crippen molar-refractivity contribution in [3.8, 4) is 0 Å². The molecule has 0 saturated carbocycles. The topological polar surface area (TPSA) is 95.5 Å². The molecule has 98 valence electrons. The highest BCUT2D eigenvalue weighted by atomic mass is 16.4. The first-order valence-corrected chi connectivity index (χ1v) is 5.70. The molecule has 0 radical (unpaired) electrons. The number of hydrogen-bond donors (Lipinski definition) is 3. The van der Waals surface area contributed by atoms with Crippen LogP contribution in [0.5, 0.6) is 0 Å². The van der Waals surface area contributed by atoms with Crippen molar-refractivity contribution in [1.29, 1.82) is 0 Å². The number of carbonyl (C=O) groups is 3. The van der Waals surface area contributed by atoms with E-state index in [0.29, 0.717) is 6.54 Å². The van der Waals surface area contributed by atoms with Crippen molar-refractivity contribution in [2.45, 2.75) is 33.1 Å². The van der Waals surface area contributed by atoms with Crippen LogP contribution in [0.25, 0.3) is 0 Å². The molecule has 1 unspecified atom stereocenters. The second-order valence-electron chi connectivity index (χ2n) is 3.96. The molecule has 1 atom stereocenters. The number of amides is 2. The Kier molecular flexibility index (Phi) is 7.75. The van der Waals surface area contributed by atoms with E-state index in [0.717, 1.165) is 0 Å². The average Bonchev–Trinajstić information content (AvgIpc) is 2.16. The maximum atomic E-state index is 11.3. The van der Waals surface area contributed by atoms with Crippen LogP contribution in [0, 0.1) is 5.92 Å². The summed E-state index contributed by atoms with van der Waals surface area (Å²) in [6, 6.07) is 0. The van der Waals surface area contributed by atoms with Gasteiger partial charge in [-0.15, -0.1) is 0 Å². The van der Waals surface area contributed by atoms with Crippen molar-refractivity contribution < 1.29 is 19.5 Å². The zero-order valence-electron chi connectivity index (χ0n) is 10.3. The van der Waals surface area contributed by atoms with Crippen molar-refractivity contribution in [2.75, 3.05) is 13.1 Å². The molecule has 0 aromatic heterocycles. The summed E-state index contributed by atoms with van der Waals surface area (Å²) in [6.45, 7) is 4.38. The number of nitrogens with one attached hydrogen (secondary N) is 2. The zero-order valence-corrected chi connectivity index (χ0v) is 10.3. The summed E-state index contributed by atoms with van der Waals surface area (Å²) in [4.78, 5) is 32.8. The molecule has 0 heterocycles. The monoisotopic (exact) mass is 244 g/mol. The first-order valence-electron chi connectivity index (χ1n) is 5.70. The summed E-state index contributed by atoms with van der Waals surface area (Å²) in [7, 11) is 0. The van der Waals surface area contributed by atoms with Gasteiger partial charge in [0.1, 0.15) is 0 Å². The Bertz CT molecular complexity index is 279. The molecule has 3 N–H and O–H groups in total. The molecule has 0 saturated heterocycles. The maximum Gasteiger partial charge on any atom is 0.303 e. The molecule has 0 aliphatic heterocycles. The number of carbonyl (C=O) groups excluding carboxylic acids is 2. The van der Waals surface area contributed by atoms with Gasteiger partial charge in [-0.25, -0.2) is 0 Å². The first-order chi connectivity index (χ1) is 7.95. The van der Waals surface area contributed by atoms with Gasteiger partial charge in [0.15, 0.2) is 0 Å². The smallest absolute Gasteiger partial charge is 0.303 e. The maximum absolute atomic E-state index is 11.3. The molecular formula is C11H20N2O4. The molecule has 17 heavy (non-hydrogen) atoms. The third-order valence-corrected chi connectivity index (χ3v) is 2.11. The van der Waals surface area contributed by atoms with E-state index in [4.69, 9.17) is 5.11 Å². The Morgan fingerprint density at radius 2 is 1.76 bits per heavy atom. The Hall–Kier alpha value is -1.59. The number of aliphatic carboxylic acids is 1. The fourth-order valence-corrected chi connectivity index (χ4v) is 1.36. The molecule has 0 aliphatic rings. The molecule has 0 fully saturated rings. The third-order valence-electron chi connectivity index (χ3n) is 2.11. The predicted molar refractivity (Wildman–Crippen MR) is 62.3 cm³/mol. The largest absolute Gasteiger partial charge is 0.481 e. The lowest BCUT2D eigenvalue weighted by atomic mass is 10.0. The number of carboxylic acids is 1. The van der Waals surface area contributed by atoms with Crippen LogP contribution in [0.2, 0.25) is 0 Å². The van der Waals surface area contributed by atoms with Gasteiger partial charge in [-0.1, -0.05) is 6.92 Å². The minimum atomic E-state index is -0.910. The Labute approximate surface area is 101 Å². The van der Waals surface area contributed by atoms with Gasteiger partial charge in [-0.2, -0.15) is 0 Å². The lowest BCUT2D eigenvalue weighted by molar-refractivity contribution is -0.138. The molecule has 0 aromatic carbocycles. The van der Waals surface area contributed by atoms with E-state index >= 15 is 0 Å². The molecule has 0 aromatic rings. The summed E-state index contributed by atoms with van der Waals surface area (Å²) in [5.74, 6) is -1.43. The lowest BCUT2D eigenvalue weighted by Crippen LogP contribution is -2.31. The van der Waals surface area contributed by atoms with Crippen LogP contribution in [-0.4, -0.2) is 36.0 Å². The van der Waals surface area contributed by atoms with Crippen molar-refractivity contribution in [3.05, 3.63) is 0 Å². The van der Waals surface area contributed by atoms with Gasteiger partial charge >= 0.3 is 5.97 Å². The predicted octanol–water partition coefficient (Wildman–Crippen LogP) is 0.130. The number of rotatable bonds is 8. The minimum absolute atomic E-state index is 0.0241. The van der Waals surface area contributed by atoms with Crippen LogP contribution in [0.4, 0.5) is 0 Å². The van der Waals surface area contributed by atoms with Crippen LogP contribution >= 0.6 is 0 Å². The molecule has 0 spiro atoms. The van der Waals surface area contributed by atoms with Crippen molar-refractivity contribution >= 4 is 17.8 Å². The first kappa shape index (κ1) is 15.4. The van der Waals surface area contributed by atoms with Crippen LogP contribution in [0.15, 0.2) is 0 Å². The molecule has 0 rings (SSSR count). The van der Waals surface area contributed by atoms with Gasteiger partial charge in [0.2, 0.25) is 11.8 Å². The Morgan fingerprint density at radius 1 is 1.12 bits per heavy atom. The third kappa shape index (κ3) is 9.35. The molecule has 2 amide bonds. The van der Waals surface area contributed by atoms with Gasteiger partial charge in [0.25, 0.3) is 0 Å². The van der Waals surface area contributed by atoms with E-state index in [1.807, 2.05) is 6.92 Å². The van der Waals surface area contributed by atoms with Crippen molar-refractivity contribution in [1.82, 2.24) is 10.6 Å². The lowest BCUT2D eigenvalue weighted by Gasteiger charge is -2.09. The zero-order chi connectivity index (χ0) is 13.3. The minimum Gasteiger partial charge on any atom is -0.481 e.